The fourth-order valence-corrected chi connectivity index (χ4v) is 1.75. The monoisotopic (exact) mass is 273 g/mol. The van der Waals surface area contributed by atoms with E-state index in [0.29, 0.717) is 29.5 Å². The molecule has 0 aromatic heterocycles. The fourth-order valence-electron chi connectivity index (χ4n) is 1.59. The van der Waals surface area contributed by atoms with Gasteiger partial charge in [-0.25, -0.2) is 4.39 Å². The lowest BCUT2D eigenvalue weighted by Gasteiger charge is -2.13. The molecule has 0 saturated heterocycles. The third kappa shape index (κ3) is 5.34. The van der Waals surface area contributed by atoms with Gasteiger partial charge in [-0.1, -0.05) is 31.5 Å². The van der Waals surface area contributed by atoms with Gasteiger partial charge >= 0.3 is 0 Å². The molecule has 0 saturated carbocycles. The summed E-state index contributed by atoms with van der Waals surface area (Å²) in [7, 11) is 0. The Morgan fingerprint density at radius 1 is 1.28 bits per heavy atom. The fraction of sp³-hybridized carbons (Fsp3) is 0.571. The summed E-state index contributed by atoms with van der Waals surface area (Å²) in [5, 5.41) is 0.386. The molecule has 0 aliphatic rings. The lowest BCUT2D eigenvalue weighted by Crippen LogP contribution is -2.15. The standard InChI is InChI=1S/C14H21ClFNO/c1-10(2)5-7-18-8-6-14(17)12-4-3-11(15)9-13(12)16/h3-4,9-10,14H,5-8,17H2,1-2H3. The predicted molar refractivity (Wildman–Crippen MR) is 73.2 cm³/mol. The molecule has 1 aromatic carbocycles. The molecule has 2 N–H and O–H groups in total. The van der Waals surface area contributed by atoms with Crippen LogP contribution in [0.25, 0.3) is 0 Å². The smallest absolute Gasteiger partial charge is 0.129 e. The molecule has 0 amide bonds. The Hall–Kier alpha value is -0.640. The summed E-state index contributed by atoms with van der Waals surface area (Å²) in [5.74, 6) is 0.282. The molecule has 1 atom stereocenters. The number of rotatable bonds is 7. The van der Waals surface area contributed by atoms with E-state index in [4.69, 9.17) is 22.1 Å². The van der Waals surface area contributed by atoms with Gasteiger partial charge in [0.1, 0.15) is 5.82 Å². The normalized spacial score (nSPS) is 13.0. The highest BCUT2D eigenvalue weighted by Crippen LogP contribution is 2.21. The highest BCUT2D eigenvalue weighted by Gasteiger charge is 2.11. The van der Waals surface area contributed by atoms with Crippen molar-refractivity contribution in [3.8, 4) is 0 Å². The summed E-state index contributed by atoms with van der Waals surface area (Å²) < 4.78 is 19.0. The van der Waals surface area contributed by atoms with Crippen LogP contribution in [-0.4, -0.2) is 13.2 Å². The largest absolute Gasteiger partial charge is 0.381 e. The van der Waals surface area contributed by atoms with Crippen molar-refractivity contribution in [1.82, 2.24) is 0 Å². The van der Waals surface area contributed by atoms with Crippen molar-refractivity contribution >= 4 is 11.6 Å². The molecule has 0 aliphatic carbocycles. The molecule has 0 fully saturated rings. The van der Waals surface area contributed by atoms with E-state index in [9.17, 15) is 4.39 Å². The van der Waals surface area contributed by atoms with Crippen molar-refractivity contribution in [3.63, 3.8) is 0 Å². The number of nitrogens with two attached hydrogens (primary N) is 1. The number of hydrogen-bond acceptors (Lipinski definition) is 2. The Bertz CT molecular complexity index is 371. The van der Waals surface area contributed by atoms with Crippen LogP contribution in [-0.2, 0) is 4.74 Å². The lowest BCUT2D eigenvalue weighted by atomic mass is 10.0. The Morgan fingerprint density at radius 3 is 2.56 bits per heavy atom. The van der Waals surface area contributed by atoms with Gasteiger partial charge in [-0.15, -0.1) is 0 Å². The number of halogens is 2. The molecule has 1 aromatic rings. The van der Waals surface area contributed by atoms with Gasteiger partial charge in [-0.3, -0.25) is 0 Å². The SMILES string of the molecule is CC(C)CCOCCC(N)c1ccc(Cl)cc1F. The molecular formula is C14H21ClFNO. The molecule has 0 bridgehead atoms. The van der Waals surface area contributed by atoms with E-state index < -0.39 is 0 Å². The van der Waals surface area contributed by atoms with Crippen LogP contribution in [0.1, 0.15) is 38.3 Å². The van der Waals surface area contributed by atoms with E-state index in [1.807, 2.05) is 0 Å². The quantitative estimate of drug-likeness (QED) is 0.764. The molecular weight excluding hydrogens is 253 g/mol. The van der Waals surface area contributed by atoms with Crippen LogP contribution in [0.15, 0.2) is 18.2 Å². The molecule has 4 heteroatoms. The predicted octanol–water partition coefficient (Wildman–Crippen LogP) is 3.93. The summed E-state index contributed by atoms with van der Waals surface area (Å²) in [6.07, 6.45) is 1.64. The first-order valence-electron chi connectivity index (χ1n) is 6.29. The Labute approximate surface area is 113 Å². The highest BCUT2D eigenvalue weighted by molar-refractivity contribution is 6.30. The van der Waals surface area contributed by atoms with Crippen molar-refractivity contribution in [2.45, 2.75) is 32.7 Å². The van der Waals surface area contributed by atoms with Crippen LogP contribution in [0.3, 0.4) is 0 Å². The van der Waals surface area contributed by atoms with Gasteiger partial charge in [0.2, 0.25) is 0 Å². The third-order valence-corrected chi connectivity index (χ3v) is 3.01. The molecule has 1 unspecified atom stereocenters. The zero-order valence-electron chi connectivity index (χ0n) is 11.0. The Balaban J connectivity index is 2.34. The number of hydrogen-bond donors (Lipinski definition) is 1. The zero-order valence-corrected chi connectivity index (χ0v) is 11.7. The summed E-state index contributed by atoms with van der Waals surface area (Å²) in [6, 6.07) is 4.23. The van der Waals surface area contributed by atoms with Crippen LogP contribution in [0.4, 0.5) is 4.39 Å². The first-order valence-corrected chi connectivity index (χ1v) is 6.66. The second-order valence-corrected chi connectivity index (χ2v) is 5.29. The van der Waals surface area contributed by atoms with Gasteiger partial charge in [0, 0.05) is 29.8 Å². The van der Waals surface area contributed by atoms with Crippen molar-refractivity contribution in [2.24, 2.45) is 11.7 Å². The molecule has 18 heavy (non-hydrogen) atoms. The van der Waals surface area contributed by atoms with Crippen LogP contribution in [0.5, 0.6) is 0 Å². The Kier molecular flexibility index (Phi) is 6.61. The second kappa shape index (κ2) is 7.72. The molecule has 0 heterocycles. The molecule has 0 spiro atoms. The van der Waals surface area contributed by atoms with Crippen molar-refractivity contribution in [2.75, 3.05) is 13.2 Å². The minimum atomic E-state index is -0.350. The first-order chi connectivity index (χ1) is 8.50. The van der Waals surface area contributed by atoms with E-state index >= 15 is 0 Å². The summed E-state index contributed by atoms with van der Waals surface area (Å²) >= 11 is 5.69. The summed E-state index contributed by atoms with van der Waals surface area (Å²) in [4.78, 5) is 0. The van der Waals surface area contributed by atoms with Gasteiger partial charge in [0.25, 0.3) is 0 Å². The number of benzene rings is 1. The molecule has 1 rings (SSSR count). The lowest BCUT2D eigenvalue weighted by molar-refractivity contribution is 0.117. The maximum Gasteiger partial charge on any atom is 0.129 e. The van der Waals surface area contributed by atoms with Crippen LogP contribution < -0.4 is 5.73 Å². The summed E-state index contributed by atoms with van der Waals surface area (Å²) in [6.45, 7) is 5.58. The van der Waals surface area contributed by atoms with E-state index in [1.165, 1.54) is 6.07 Å². The molecule has 2 nitrogen and oxygen atoms in total. The van der Waals surface area contributed by atoms with Crippen LogP contribution >= 0.6 is 11.6 Å². The average Bonchev–Trinajstić information content (AvgIpc) is 2.27. The van der Waals surface area contributed by atoms with Crippen LogP contribution in [0.2, 0.25) is 5.02 Å². The van der Waals surface area contributed by atoms with E-state index in [-0.39, 0.29) is 11.9 Å². The topological polar surface area (TPSA) is 35.2 Å². The summed E-state index contributed by atoms with van der Waals surface area (Å²) in [5.41, 5.74) is 6.42. The van der Waals surface area contributed by atoms with E-state index in [0.717, 1.165) is 13.0 Å². The Morgan fingerprint density at radius 2 is 1.94 bits per heavy atom. The maximum atomic E-state index is 13.6. The van der Waals surface area contributed by atoms with E-state index in [2.05, 4.69) is 13.8 Å². The molecule has 0 aliphatic heterocycles. The van der Waals surface area contributed by atoms with Gasteiger partial charge in [-0.2, -0.15) is 0 Å². The maximum absolute atomic E-state index is 13.6. The van der Waals surface area contributed by atoms with E-state index in [1.54, 1.807) is 12.1 Å². The molecule has 102 valence electrons. The van der Waals surface area contributed by atoms with Gasteiger partial charge in [0.05, 0.1) is 0 Å². The first kappa shape index (κ1) is 15.4. The number of ether oxygens (including phenoxy) is 1. The zero-order chi connectivity index (χ0) is 13.5. The van der Waals surface area contributed by atoms with Gasteiger partial charge in [0.15, 0.2) is 0 Å². The third-order valence-electron chi connectivity index (χ3n) is 2.77. The van der Waals surface area contributed by atoms with Crippen molar-refractivity contribution in [3.05, 3.63) is 34.6 Å². The van der Waals surface area contributed by atoms with Gasteiger partial charge in [-0.05, 0) is 30.9 Å². The van der Waals surface area contributed by atoms with Crippen molar-refractivity contribution < 1.29 is 9.13 Å². The molecule has 0 radical (unpaired) electrons. The minimum absolute atomic E-state index is 0.346. The minimum Gasteiger partial charge on any atom is -0.381 e. The van der Waals surface area contributed by atoms with Gasteiger partial charge < -0.3 is 10.5 Å². The average molecular weight is 274 g/mol. The van der Waals surface area contributed by atoms with Crippen LogP contribution in [0, 0.1) is 11.7 Å². The van der Waals surface area contributed by atoms with Crippen molar-refractivity contribution in [1.29, 1.82) is 0 Å². The second-order valence-electron chi connectivity index (χ2n) is 4.86. The highest BCUT2D eigenvalue weighted by atomic mass is 35.5.